The molecule has 1 nitrogen and oxygen atoms in total. The zero-order valence-electron chi connectivity index (χ0n) is 12.5. The minimum absolute atomic E-state index is 0.845. The van der Waals surface area contributed by atoms with E-state index in [2.05, 4.69) is 26.1 Å². The molecule has 0 amide bonds. The molecule has 0 heterocycles. The third-order valence-electron chi connectivity index (χ3n) is 6.37. The molecular weight excluding hydrogens is 218 g/mol. The molecule has 1 heteroatoms. The van der Waals surface area contributed by atoms with Gasteiger partial charge in [-0.25, -0.2) is 0 Å². The first-order valence-corrected chi connectivity index (χ1v) is 8.42. The van der Waals surface area contributed by atoms with Crippen molar-refractivity contribution in [2.24, 2.45) is 35.5 Å². The second-order valence-electron chi connectivity index (χ2n) is 7.60. The van der Waals surface area contributed by atoms with Gasteiger partial charge in [-0.3, -0.25) is 0 Å². The predicted octanol–water partition coefficient (Wildman–Crippen LogP) is 4.08. The van der Waals surface area contributed by atoms with Crippen molar-refractivity contribution in [2.75, 3.05) is 6.54 Å². The highest BCUT2D eigenvalue weighted by molar-refractivity contribution is 5.01. The van der Waals surface area contributed by atoms with Crippen molar-refractivity contribution in [3.05, 3.63) is 0 Å². The Kier molecular flexibility index (Phi) is 3.71. The summed E-state index contributed by atoms with van der Waals surface area (Å²) in [4.78, 5) is 0. The van der Waals surface area contributed by atoms with Crippen LogP contribution < -0.4 is 5.32 Å². The molecule has 1 N–H and O–H groups in total. The maximum Gasteiger partial charge on any atom is 0.0124 e. The Hall–Kier alpha value is -0.0400. The van der Waals surface area contributed by atoms with Crippen molar-refractivity contribution in [1.82, 2.24) is 5.32 Å². The Labute approximate surface area is 113 Å². The Balaban J connectivity index is 1.62. The Morgan fingerprint density at radius 1 is 0.889 bits per heavy atom. The number of hydrogen-bond acceptors (Lipinski definition) is 1. The molecule has 0 spiro atoms. The highest BCUT2D eigenvalue weighted by Crippen LogP contribution is 2.56. The monoisotopic (exact) mass is 249 g/mol. The minimum atomic E-state index is 0.845. The summed E-state index contributed by atoms with van der Waals surface area (Å²) in [6.45, 7) is 8.38. The molecule has 0 aromatic rings. The van der Waals surface area contributed by atoms with Crippen molar-refractivity contribution in [3.8, 4) is 0 Å². The highest BCUT2D eigenvalue weighted by atomic mass is 14.9. The maximum atomic E-state index is 3.87. The molecule has 0 bridgehead atoms. The predicted molar refractivity (Wildman–Crippen MR) is 77.5 cm³/mol. The van der Waals surface area contributed by atoms with Gasteiger partial charge in [0.25, 0.3) is 0 Å². The minimum Gasteiger partial charge on any atom is -0.314 e. The molecule has 0 aliphatic heterocycles. The van der Waals surface area contributed by atoms with Crippen molar-refractivity contribution in [3.63, 3.8) is 0 Å². The van der Waals surface area contributed by atoms with Crippen LogP contribution in [0.3, 0.4) is 0 Å². The lowest BCUT2D eigenvalue weighted by atomic mass is 9.70. The van der Waals surface area contributed by atoms with E-state index in [1.807, 2.05) is 0 Å². The van der Waals surface area contributed by atoms with Gasteiger partial charge in [-0.1, -0.05) is 27.2 Å². The van der Waals surface area contributed by atoms with Gasteiger partial charge in [-0.2, -0.15) is 0 Å². The third kappa shape index (κ3) is 2.48. The van der Waals surface area contributed by atoms with E-state index in [9.17, 15) is 0 Å². The van der Waals surface area contributed by atoms with Crippen LogP contribution in [0.1, 0.15) is 59.3 Å². The number of nitrogens with one attached hydrogen (secondary N) is 1. The van der Waals surface area contributed by atoms with Crippen LogP contribution >= 0.6 is 0 Å². The standard InChI is InChI=1S/C17H31N/c1-4-18-17(16-9-14-8-15(14)10-16)13-6-5-11(2)12(3)7-13/h11-18H,4-10H2,1-3H3. The lowest BCUT2D eigenvalue weighted by molar-refractivity contribution is 0.138. The van der Waals surface area contributed by atoms with Crippen LogP contribution in [-0.4, -0.2) is 12.6 Å². The summed E-state index contributed by atoms with van der Waals surface area (Å²) in [7, 11) is 0. The summed E-state index contributed by atoms with van der Waals surface area (Å²) >= 11 is 0. The molecular formula is C17H31N. The molecule has 18 heavy (non-hydrogen) atoms. The third-order valence-corrected chi connectivity index (χ3v) is 6.37. The molecule has 0 radical (unpaired) electrons. The smallest absolute Gasteiger partial charge is 0.0124 e. The van der Waals surface area contributed by atoms with Crippen LogP contribution in [0, 0.1) is 35.5 Å². The SMILES string of the molecule is CCNC(C1CCC(C)C(C)C1)C1CC2CC2C1. The van der Waals surface area contributed by atoms with Crippen LogP contribution in [0.5, 0.6) is 0 Å². The summed E-state index contributed by atoms with van der Waals surface area (Å²) in [5.74, 6) is 6.16. The Morgan fingerprint density at radius 3 is 2.22 bits per heavy atom. The van der Waals surface area contributed by atoms with E-state index in [4.69, 9.17) is 0 Å². The average molecular weight is 249 g/mol. The molecule has 6 atom stereocenters. The summed E-state index contributed by atoms with van der Waals surface area (Å²) in [5, 5.41) is 3.87. The zero-order valence-corrected chi connectivity index (χ0v) is 12.5. The molecule has 3 saturated carbocycles. The number of hydrogen-bond donors (Lipinski definition) is 1. The summed E-state index contributed by atoms with van der Waals surface area (Å²) in [6, 6.07) is 0.845. The van der Waals surface area contributed by atoms with Gasteiger partial charge in [0.2, 0.25) is 0 Å². The number of rotatable bonds is 4. The molecule has 3 aliphatic carbocycles. The Bertz CT molecular complexity index is 277. The Morgan fingerprint density at radius 2 is 1.61 bits per heavy atom. The second-order valence-corrected chi connectivity index (χ2v) is 7.60. The van der Waals surface area contributed by atoms with Crippen LogP contribution in [0.4, 0.5) is 0 Å². The van der Waals surface area contributed by atoms with Crippen LogP contribution in [-0.2, 0) is 0 Å². The summed E-state index contributed by atoms with van der Waals surface area (Å²) in [5.41, 5.74) is 0. The van der Waals surface area contributed by atoms with Crippen molar-refractivity contribution < 1.29 is 0 Å². The van der Waals surface area contributed by atoms with Crippen molar-refractivity contribution in [2.45, 2.75) is 65.3 Å². The second kappa shape index (κ2) is 5.15. The molecule has 104 valence electrons. The first kappa shape index (κ1) is 13.0. The quantitative estimate of drug-likeness (QED) is 0.791. The van der Waals surface area contributed by atoms with E-state index in [1.165, 1.54) is 19.3 Å². The van der Waals surface area contributed by atoms with Crippen LogP contribution in [0.2, 0.25) is 0 Å². The largest absolute Gasteiger partial charge is 0.314 e. The van der Waals surface area contributed by atoms with Gasteiger partial charge < -0.3 is 5.32 Å². The van der Waals surface area contributed by atoms with Gasteiger partial charge in [0.05, 0.1) is 0 Å². The molecule has 3 aliphatic rings. The molecule has 3 fully saturated rings. The fourth-order valence-corrected chi connectivity index (χ4v) is 4.92. The number of fused-ring (bicyclic) bond motifs is 1. The van der Waals surface area contributed by atoms with Gasteiger partial charge in [-0.05, 0) is 74.2 Å². The van der Waals surface area contributed by atoms with Crippen molar-refractivity contribution >= 4 is 0 Å². The van der Waals surface area contributed by atoms with Gasteiger partial charge in [0.1, 0.15) is 0 Å². The lowest BCUT2D eigenvalue weighted by Gasteiger charge is -2.40. The molecule has 0 aromatic carbocycles. The summed E-state index contributed by atoms with van der Waals surface area (Å²) in [6.07, 6.45) is 9.08. The molecule has 3 rings (SSSR count). The zero-order chi connectivity index (χ0) is 12.7. The topological polar surface area (TPSA) is 12.0 Å². The van der Waals surface area contributed by atoms with Crippen LogP contribution in [0.15, 0.2) is 0 Å². The normalized spacial score (nSPS) is 48.8. The fourth-order valence-electron chi connectivity index (χ4n) is 4.92. The highest BCUT2D eigenvalue weighted by Gasteiger charge is 2.49. The van der Waals surface area contributed by atoms with E-state index in [-0.39, 0.29) is 0 Å². The van der Waals surface area contributed by atoms with Gasteiger partial charge in [0, 0.05) is 6.04 Å². The first-order valence-electron chi connectivity index (χ1n) is 8.42. The summed E-state index contributed by atoms with van der Waals surface area (Å²) < 4.78 is 0. The van der Waals surface area contributed by atoms with Gasteiger partial charge in [-0.15, -0.1) is 0 Å². The first-order chi connectivity index (χ1) is 8.69. The molecule has 0 aromatic heterocycles. The van der Waals surface area contributed by atoms with E-state index in [0.717, 1.165) is 48.1 Å². The van der Waals surface area contributed by atoms with Gasteiger partial charge >= 0.3 is 0 Å². The van der Waals surface area contributed by atoms with Crippen LogP contribution in [0.25, 0.3) is 0 Å². The lowest BCUT2D eigenvalue weighted by Crippen LogP contribution is -2.44. The molecule has 0 saturated heterocycles. The van der Waals surface area contributed by atoms with E-state index in [1.54, 1.807) is 19.3 Å². The van der Waals surface area contributed by atoms with E-state index >= 15 is 0 Å². The van der Waals surface area contributed by atoms with Crippen molar-refractivity contribution in [1.29, 1.82) is 0 Å². The maximum absolute atomic E-state index is 3.87. The fraction of sp³-hybridized carbons (Fsp3) is 1.00. The van der Waals surface area contributed by atoms with Gasteiger partial charge in [0.15, 0.2) is 0 Å². The molecule has 6 unspecified atom stereocenters. The van der Waals surface area contributed by atoms with E-state index in [0.29, 0.717) is 0 Å². The average Bonchev–Trinajstić information content (AvgIpc) is 2.97. The van der Waals surface area contributed by atoms with E-state index < -0.39 is 0 Å².